The minimum Gasteiger partial charge on any atom is -0.466 e. The summed E-state index contributed by atoms with van der Waals surface area (Å²) in [6.07, 6.45) is 1.09. The molecule has 0 amide bonds. The van der Waals surface area contributed by atoms with Crippen LogP contribution in [0.1, 0.15) is 39.2 Å². The molecule has 5 nitrogen and oxygen atoms in total. The van der Waals surface area contributed by atoms with Gasteiger partial charge in [0.25, 0.3) is 0 Å². The summed E-state index contributed by atoms with van der Waals surface area (Å²) in [6, 6.07) is 9.48. The van der Waals surface area contributed by atoms with Gasteiger partial charge in [0.2, 0.25) is 0 Å². The maximum absolute atomic E-state index is 12.6. The summed E-state index contributed by atoms with van der Waals surface area (Å²) in [4.78, 5) is 31.6. The Labute approximate surface area is 138 Å². The van der Waals surface area contributed by atoms with Crippen molar-refractivity contribution in [2.75, 3.05) is 12.8 Å². The zero-order valence-electron chi connectivity index (χ0n) is 14.1. The Morgan fingerprint density at radius 3 is 2.17 bits per heavy atom. The van der Waals surface area contributed by atoms with Crippen molar-refractivity contribution in [3.8, 4) is 0 Å². The molecule has 6 heteroatoms. The van der Waals surface area contributed by atoms with Crippen LogP contribution in [-0.2, 0) is 20.5 Å². The monoisotopic (exact) mass is 342 g/mol. The number of carbonyl (C=O) groups excluding carboxylic acids is 1. The fourth-order valence-corrected chi connectivity index (χ4v) is 4.23. The van der Waals surface area contributed by atoms with Crippen LogP contribution in [0.15, 0.2) is 30.3 Å². The molecule has 0 radical (unpaired) electrons. The van der Waals surface area contributed by atoms with Crippen LogP contribution in [0.25, 0.3) is 0 Å². The second-order valence-corrected chi connectivity index (χ2v) is 7.51. The third-order valence-corrected chi connectivity index (χ3v) is 5.42. The van der Waals surface area contributed by atoms with Gasteiger partial charge in [-0.1, -0.05) is 44.2 Å². The molecule has 0 heterocycles. The van der Waals surface area contributed by atoms with E-state index >= 15 is 0 Å². The van der Waals surface area contributed by atoms with Gasteiger partial charge in [-0.05, 0) is 37.7 Å². The van der Waals surface area contributed by atoms with Gasteiger partial charge in [0.1, 0.15) is 0 Å². The zero-order chi connectivity index (χ0) is 17.5. The fourth-order valence-electron chi connectivity index (χ4n) is 3.18. The summed E-state index contributed by atoms with van der Waals surface area (Å²) in [5, 5.41) is 0. The molecule has 1 atom stereocenters. The standard InChI is InChI=1S/C17H27O5P/c1-4-17(5-2,16(18)22-6-3)15(13-23(19,20)21)12-14-10-8-7-9-11-14/h7-11,15H,4-6,12-13H2,1-3H3,(H2,19,20,21). The van der Waals surface area contributed by atoms with Crippen LogP contribution in [0.4, 0.5) is 0 Å². The van der Waals surface area contributed by atoms with Crippen LogP contribution in [0.2, 0.25) is 0 Å². The van der Waals surface area contributed by atoms with E-state index in [0.717, 1.165) is 5.56 Å². The lowest BCUT2D eigenvalue weighted by Gasteiger charge is -2.37. The van der Waals surface area contributed by atoms with Gasteiger partial charge in [-0.25, -0.2) is 0 Å². The van der Waals surface area contributed by atoms with Crippen LogP contribution in [0, 0.1) is 11.3 Å². The first-order chi connectivity index (χ1) is 10.8. The summed E-state index contributed by atoms with van der Waals surface area (Å²) in [6.45, 7) is 5.74. The van der Waals surface area contributed by atoms with Crippen molar-refractivity contribution in [1.29, 1.82) is 0 Å². The molecule has 0 saturated heterocycles. The lowest BCUT2D eigenvalue weighted by atomic mass is 9.69. The average molecular weight is 342 g/mol. The van der Waals surface area contributed by atoms with Crippen LogP contribution in [-0.4, -0.2) is 28.5 Å². The minimum atomic E-state index is -4.25. The van der Waals surface area contributed by atoms with E-state index in [0.29, 0.717) is 19.3 Å². The molecule has 0 aliphatic carbocycles. The van der Waals surface area contributed by atoms with Crippen LogP contribution >= 0.6 is 7.60 Å². The van der Waals surface area contributed by atoms with E-state index in [1.165, 1.54) is 0 Å². The van der Waals surface area contributed by atoms with Gasteiger partial charge >= 0.3 is 13.6 Å². The van der Waals surface area contributed by atoms with E-state index in [9.17, 15) is 19.1 Å². The van der Waals surface area contributed by atoms with Gasteiger partial charge < -0.3 is 14.5 Å². The van der Waals surface area contributed by atoms with E-state index in [4.69, 9.17) is 4.74 Å². The molecule has 0 aromatic heterocycles. The SMILES string of the molecule is CCOC(=O)C(CC)(CC)C(Cc1ccccc1)CP(=O)(O)O. The molecule has 1 aromatic carbocycles. The lowest BCUT2D eigenvalue weighted by molar-refractivity contribution is -0.159. The summed E-state index contributed by atoms with van der Waals surface area (Å²) in [7, 11) is -4.25. The van der Waals surface area contributed by atoms with Crippen LogP contribution in [0.5, 0.6) is 0 Å². The summed E-state index contributed by atoms with van der Waals surface area (Å²) < 4.78 is 16.9. The fraction of sp³-hybridized carbons (Fsp3) is 0.588. The van der Waals surface area contributed by atoms with E-state index in [2.05, 4.69) is 0 Å². The van der Waals surface area contributed by atoms with Crippen molar-refractivity contribution < 1.29 is 23.9 Å². The van der Waals surface area contributed by atoms with Gasteiger partial charge in [-0.15, -0.1) is 0 Å². The Bertz CT molecular complexity index is 533. The third kappa shape index (κ3) is 5.45. The topological polar surface area (TPSA) is 83.8 Å². The van der Waals surface area contributed by atoms with E-state index in [1.807, 2.05) is 44.2 Å². The average Bonchev–Trinajstić information content (AvgIpc) is 2.49. The first-order valence-corrected chi connectivity index (χ1v) is 9.84. The van der Waals surface area contributed by atoms with Crippen molar-refractivity contribution in [3.05, 3.63) is 35.9 Å². The molecular formula is C17H27O5P. The first-order valence-electron chi connectivity index (χ1n) is 8.04. The Morgan fingerprint density at radius 1 is 1.17 bits per heavy atom. The number of carbonyl (C=O) groups is 1. The summed E-state index contributed by atoms with van der Waals surface area (Å²) in [5.74, 6) is -0.834. The zero-order valence-corrected chi connectivity index (χ0v) is 15.0. The molecular weight excluding hydrogens is 315 g/mol. The van der Waals surface area contributed by atoms with Crippen molar-refractivity contribution in [2.45, 2.75) is 40.0 Å². The molecule has 1 unspecified atom stereocenters. The number of benzene rings is 1. The number of ether oxygens (including phenoxy) is 1. The Morgan fingerprint density at radius 2 is 1.74 bits per heavy atom. The molecule has 0 spiro atoms. The van der Waals surface area contributed by atoms with Crippen molar-refractivity contribution >= 4 is 13.6 Å². The van der Waals surface area contributed by atoms with Crippen LogP contribution < -0.4 is 0 Å². The molecule has 0 saturated carbocycles. The molecule has 1 rings (SSSR count). The Balaban J connectivity index is 3.22. The molecule has 0 bridgehead atoms. The number of rotatable bonds is 9. The van der Waals surface area contributed by atoms with Crippen molar-refractivity contribution in [2.24, 2.45) is 11.3 Å². The van der Waals surface area contributed by atoms with Gasteiger partial charge in [-0.2, -0.15) is 0 Å². The molecule has 0 fully saturated rings. The number of hydrogen-bond donors (Lipinski definition) is 2. The molecule has 0 aliphatic rings. The normalized spacial score (nSPS) is 13.6. The highest BCUT2D eigenvalue weighted by Gasteiger charge is 2.46. The lowest BCUT2D eigenvalue weighted by Crippen LogP contribution is -2.42. The smallest absolute Gasteiger partial charge is 0.325 e. The van der Waals surface area contributed by atoms with Crippen molar-refractivity contribution in [3.63, 3.8) is 0 Å². The Kier molecular flexibility index (Phi) is 7.46. The highest BCUT2D eigenvalue weighted by molar-refractivity contribution is 7.51. The minimum absolute atomic E-state index is 0.258. The number of hydrogen-bond acceptors (Lipinski definition) is 3. The Hall–Kier alpha value is -1.16. The third-order valence-electron chi connectivity index (χ3n) is 4.51. The maximum Gasteiger partial charge on any atom is 0.325 e. The molecule has 1 aromatic rings. The quantitative estimate of drug-likeness (QED) is 0.531. The second kappa shape index (κ2) is 8.62. The molecule has 130 valence electrons. The predicted octanol–water partition coefficient (Wildman–Crippen LogP) is 3.39. The number of esters is 1. The summed E-state index contributed by atoms with van der Waals surface area (Å²) >= 11 is 0. The van der Waals surface area contributed by atoms with Gasteiger partial charge in [0.05, 0.1) is 18.2 Å². The molecule has 2 N–H and O–H groups in total. The van der Waals surface area contributed by atoms with E-state index < -0.39 is 18.9 Å². The first kappa shape index (κ1) is 19.9. The predicted molar refractivity (Wildman–Crippen MR) is 90.2 cm³/mol. The van der Waals surface area contributed by atoms with Crippen molar-refractivity contribution in [1.82, 2.24) is 0 Å². The molecule has 23 heavy (non-hydrogen) atoms. The van der Waals surface area contributed by atoms with Gasteiger partial charge in [-0.3, -0.25) is 9.36 Å². The summed E-state index contributed by atoms with van der Waals surface area (Å²) in [5.41, 5.74) is 0.0778. The second-order valence-electron chi connectivity index (χ2n) is 5.82. The largest absolute Gasteiger partial charge is 0.466 e. The van der Waals surface area contributed by atoms with Crippen LogP contribution in [0.3, 0.4) is 0 Å². The highest BCUT2D eigenvalue weighted by Crippen LogP contribution is 2.47. The molecule has 0 aliphatic heterocycles. The maximum atomic E-state index is 12.6. The van der Waals surface area contributed by atoms with Gasteiger partial charge in [0.15, 0.2) is 0 Å². The van der Waals surface area contributed by atoms with E-state index in [1.54, 1.807) is 6.92 Å². The highest BCUT2D eigenvalue weighted by atomic mass is 31.2. The van der Waals surface area contributed by atoms with Gasteiger partial charge in [0, 0.05) is 0 Å². The van der Waals surface area contributed by atoms with E-state index in [-0.39, 0.29) is 18.7 Å².